The van der Waals surface area contributed by atoms with E-state index in [2.05, 4.69) is 10.6 Å². The number of hydrogen-bond donors (Lipinski definition) is 3. The smallest absolute Gasteiger partial charge is 0.248 e. The summed E-state index contributed by atoms with van der Waals surface area (Å²) in [4.78, 5) is 34.4. The van der Waals surface area contributed by atoms with E-state index in [0.717, 1.165) is 0 Å². The molecule has 0 heterocycles. The van der Waals surface area contributed by atoms with Gasteiger partial charge in [-0.1, -0.05) is 26.8 Å². The van der Waals surface area contributed by atoms with Crippen LogP contribution in [-0.4, -0.2) is 24.3 Å². The van der Waals surface area contributed by atoms with E-state index in [1.54, 1.807) is 39.0 Å². The van der Waals surface area contributed by atoms with Gasteiger partial charge in [0.25, 0.3) is 0 Å². The third kappa shape index (κ3) is 5.64. The maximum absolute atomic E-state index is 11.7. The first kappa shape index (κ1) is 16.7. The molecule has 4 N–H and O–H groups in total. The molecule has 6 heteroatoms. The lowest BCUT2D eigenvalue weighted by molar-refractivity contribution is -0.128. The zero-order valence-corrected chi connectivity index (χ0v) is 12.5. The fourth-order valence-electron chi connectivity index (χ4n) is 1.53. The topological polar surface area (TPSA) is 101 Å². The van der Waals surface area contributed by atoms with Gasteiger partial charge in [0.15, 0.2) is 0 Å². The Hall–Kier alpha value is -2.37. The Bertz CT molecular complexity index is 547. The van der Waals surface area contributed by atoms with E-state index in [-0.39, 0.29) is 24.8 Å². The van der Waals surface area contributed by atoms with Crippen molar-refractivity contribution in [1.29, 1.82) is 0 Å². The summed E-state index contributed by atoms with van der Waals surface area (Å²) < 4.78 is 0. The first-order valence-electron chi connectivity index (χ1n) is 6.68. The van der Waals surface area contributed by atoms with Gasteiger partial charge in [-0.05, 0) is 18.2 Å². The normalized spacial score (nSPS) is 10.8. The Kier molecular flexibility index (Phi) is 5.46. The molecule has 0 unspecified atom stereocenters. The molecule has 0 spiro atoms. The van der Waals surface area contributed by atoms with Crippen molar-refractivity contribution >= 4 is 23.4 Å². The number of nitrogens with two attached hydrogens (primary N) is 1. The molecule has 1 aromatic rings. The molecule has 114 valence electrons. The van der Waals surface area contributed by atoms with Crippen molar-refractivity contribution < 1.29 is 14.4 Å². The van der Waals surface area contributed by atoms with Crippen LogP contribution in [0.2, 0.25) is 0 Å². The van der Waals surface area contributed by atoms with Gasteiger partial charge in [0.05, 0.1) is 0 Å². The number of benzene rings is 1. The molecule has 0 radical (unpaired) electrons. The predicted octanol–water partition coefficient (Wildman–Crippen LogP) is 1.28. The Morgan fingerprint density at radius 2 is 1.86 bits per heavy atom. The van der Waals surface area contributed by atoms with Crippen molar-refractivity contribution in [3.05, 3.63) is 29.8 Å². The molecule has 1 aromatic carbocycles. The Labute approximate surface area is 124 Å². The van der Waals surface area contributed by atoms with Crippen LogP contribution in [-0.2, 0) is 9.59 Å². The van der Waals surface area contributed by atoms with Crippen LogP contribution in [0.15, 0.2) is 24.3 Å². The molecule has 0 aliphatic carbocycles. The minimum atomic E-state index is -0.552. The Morgan fingerprint density at radius 1 is 1.19 bits per heavy atom. The van der Waals surface area contributed by atoms with Gasteiger partial charge < -0.3 is 16.4 Å². The lowest BCUT2D eigenvalue weighted by Gasteiger charge is -2.17. The van der Waals surface area contributed by atoms with Gasteiger partial charge >= 0.3 is 0 Å². The highest BCUT2D eigenvalue weighted by molar-refractivity contribution is 5.96. The van der Waals surface area contributed by atoms with E-state index in [1.807, 2.05) is 0 Å². The second-order valence-corrected chi connectivity index (χ2v) is 5.75. The van der Waals surface area contributed by atoms with Crippen molar-refractivity contribution in [2.75, 3.05) is 11.9 Å². The highest BCUT2D eigenvalue weighted by atomic mass is 16.2. The first-order valence-corrected chi connectivity index (χ1v) is 6.68. The number of anilines is 1. The molecule has 1 rings (SSSR count). The van der Waals surface area contributed by atoms with Crippen LogP contribution in [0.25, 0.3) is 0 Å². The third-order valence-electron chi connectivity index (χ3n) is 2.75. The SMILES string of the molecule is CC(C)(C)C(=O)NCCC(=O)Nc1cccc(C(N)=O)c1. The summed E-state index contributed by atoms with van der Waals surface area (Å²) in [6.45, 7) is 5.67. The van der Waals surface area contributed by atoms with Crippen molar-refractivity contribution in [2.24, 2.45) is 11.1 Å². The van der Waals surface area contributed by atoms with E-state index in [4.69, 9.17) is 5.73 Å². The third-order valence-corrected chi connectivity index (χ3v) is 2.75. The van der Waals surface area contributed by atoms with Crippen LogP contribution in [0.3, 0.4) is 0 Å². The number of carbonyl (C=O) groups is 3. The number of amides is 3. The summed E-state index contributed by atoms with van der Waals surface area (Å²) in [7, 11) is 0. The standard InChI is InChI=1S/C15H21N3O3/c1-15(2,3)14(21)17-8-7-12(19)18-11-6-4-5-10(9-11)13(16)20/h4-6,9H,7-8H2,1-3H3,(H2,16,20)(H,17,21)(H,18,19). The summed E-state index contributed by atoms with van der Waals surface area (Å²) in [5, 5.41) is 5.35. The maximum atomic E-state index is 11.7. The quantitative estimate of drug-likeness (QED) is 0.761. The average molecular weight is 291 g/mol. The zero-order valence-electron chi connectivity index (χ0n) is 12.5. The van der Waals surface area contributed by atoms with Crippen molar-refractivity contribution in [2.45, 2.75) is 27.2 Å². The number of primary amides is 1. The molecular weight excluding hydrogens is 270 g/mol. The maximum Gasteiger partial charge on any atom is 0.248 e. The molecule has 3 amide bonds. The number of hydrogen-bond acceptors (Lipinski definition) is 3. The summed E-state index contributed by atoms with van der Waals surface area (Å²) in [6, 6.07) is 6.38. The second kappa shape index (κ2) is 6.88. The molecule has 0 fully saturated rings. The van der Waals surface area contributed by atoms with Gasteiger partial charge in [-0.25, -0.2) is 0 Å². The van der Waals surface area contributed by atoms with Crippen molar-refractivity contribution in [1.82, 2.24) is 5.32 Å². The largest absolute Gasteiger partial charge is 0.366 e. The van der Waals surface area contributed by atoms with Crippen LogP contribution in [0.1, 0.15) is 37.6 Å². The molecule has 0 saturated carbocycles. The lowest BCUT2D eigenvalue weighted by atomic mass is 9.96. The van der Waals surface area contributed by atoms with Crippen molar-refractivity contribution in [3.63, 3.8) is 0 Å². The zero-order chi connectivity index (χ0) is 16.0. The minimum absolute atomic E-state index is 0.106. The van der Waals surface area contributed by atoms with Crippen LogP contribution in [0, 0.1) is 5.41 Å². The minimum Gasteiger partial charge on any atom is -0.366 e. The first-order chi connectivity index (χ1) is 9.70. The predicted molar refractivity (Wildman–Crippen MR) is 80.7 cm³/mol. The summed E-state index contributed by atoms with van der Waals surface area (Å²) in [5.41, 5.74) is 5.51. The van der Waals surface area contributed by atoms with Crippen LogP contribution in [0.5, 0.6) is 0 Å². The summed E-state index contributed by atoms with van der Waals surface area (Å²) >= 11 is 0. The molecule has 0 aliphatic heterocycles. The van der Waals surface area contributed by atoms with E-state index in [1.165, 1.54) is 6.07 Å². The van der Waals surface area contributed by atoms with Crippen LogP contribution >= 0.6 is 0 Å². The molecule has 0 atom stereocenters. The second-order valence-electron chi connectivity index (χ2n) is 5.75. The fourth-order valence-corrected chi connectivity index (χ4v) is 1.53. The molecule has 0 aliphatic rings. The molecular formula is C15H21N3O3. The molecule has 21 heavy (non-hydrogen) atoms. The van der Waals surface area contributed by atoms with E-state index in [0.29, 0.717) is 11.3 Å². The number of carbonyl (C=O) groups excluding carboxylic acids is 3. The molecule has 6 nitrogen and oxygen atoms in total. The monoisotopic (exact) mass is 291 g/mol. The summed E-state index contributed by atoms with van der Waals surface area (Å²) in [5.74, 6) is -0.902. The molecule has 0 saturated heterocycles. The summed E-state index contributed by atoms with van der Waals surface area (Å²) in [6.07, 6.45) is 0.155. The highest BCUT2D eigenvalue weighted by Crippen LogP contribution is 2.12. The van der Waals surface area contributed by atoms with E-state index in [9.17, 15) is 14.4 Å². The van der Waals surface area contributed by atoms with Gasteiger partial charge in [0.2, 0.25) is 17.7 Å². The number of nitrogens with one attached hydrogen (secondary N) is 2. The Balaban J connectivity index is 2.46. The van der Waals surface area contributed by atoms with Gasteiger partial charge in [-0.2, -0.15) is 0 Å². The fraction of sp³-hybridized carbons (Fsp3) is 0.400. The lowest BCUT2D eigenvalue weighted by Crippen LogP contribution is -2.36. The van der Waals surface area contributed by atoms with E-state index >= 15 is 0 Å². The molecule has 0 bridgehead atoms. The van der Waals surface area contributed by atoms with Gasteiger partial charge in [0, 0.05) is 29.6 Å². The van der Waals surface area contributed by atoms with Gasteiger partial charge in [-0.15, -0.1) is 0 Å². The van der Waals surface area contributed by atoms with Crippen molar-refractivity contribution in [3.8, 4) is 0 Å². The average Bonchev–Trinajstić information content (AvgIpc) is 2.37. The van der Waals surface area contributed by atoms with Gasteiger partial charge in [-0.3, -0.25) is 14.4 Å². The van der Waals surface area contributed by atoms with Crippen LogP contribution < -0.4 is 16.4 Å². The van der Waals surface area contributed by atoms with Crippen LogP contribution in [0.4, 0.5) is 5.69 Å². The Morgan fingerprint density at radius 3 is 2.43 bits per heavy atom. The number of rotatable bonds is 5. The van der Waals surface area contributed by atoms with Gasteiger partial charge in [0.1, 0.15) is 0 Å². The molecule has 0 aromatic heterocycles. The van der Waals surface area contributed by atoms with E-state index < -0.39 is 11.3 Å². The highest BCUT2D eigenvalue weighted by Gasteiger charge is 2.20.